The number of aromatic amines is 1. The fourth-order valence-electron chi connectivity index (χ4n) is 1.36. The number of H-pyrrole nitrogens is 1. The summed E-state index contributed by atoms with van der Waals surface area (Å²) < 4.78 is 0. The van der Waals surface area contributed by atoms with E-state index in [0.29, 0.717) is 16.9 Å². The highest BCUT2D eigenvalue weighted by Crippen LogP contribution is 2.20. The van der Waals surface area contributed by atoms with Gasteiger partial charge in [0, 0.05) is 17.6 Å². The molecule has 5 heteroatoms. The van der Waals surface area contributed by atoms with Gasteiger partial charge in [0.1, 0.15) is 0 Å². The highest BCUT2D eigenvalue weighted by Gasteiger charge is 2.09. The molecular weight excluding hydrogens is 204 g/mol. The number of nitrogen functional groups attached to an aromatic ring is 1. The maximum Gasteiger partial charge on any atom is 0.258 e. The van der Waals surface area contributed by atoms with Gasteiger partial charge in [-0.2, -0.15) is 5.10 Å². The molecule has 0 aliphatic carbocycles. The topological polar surface area (TPSA) is 83.8 Å². The molecule has 2 aromatic rings. The van der Waals surface area contributed by atoms with Gasteiger partial charge in [0.25, 0.3) is 5.91 Å². The predicted molar refractivity (Wildman–Crippen MR) is 62.1 cm³/mol. The molecule has 1 aromatic heterocycles. The second-order valence-electron chi connectivity index (χ2n) is 3.46. The van der Waals surface area contributed by atoms with Crippen LogP contribution in [-0.4, -0.2) is 16.1 Å². The van der Waals surface area contributed by atoms with Crippen LogP contribution < -0.4 is 11.1 Å². The van der Waals surface area contributed by atoms with Crippen molar-refractivity contribution >= 4 is 17.3 Å². The number of amides is 1. The largest absolute Gasteiger partial charge is 0.398 e. The molecule has 16 heavy (non-hydrogen) atoms. The maximum atomic E-state index is 11.7. The zero-order valence-corrected chi connectivity index (χ0v) is 8.82. The van der Waals surface area contributed by atoms with E-state index in [-0.39, 0.29) is 5.91 Å². The van der Waals surface area contributed by atoms with Gasteiger partial charge in [-0.3, -0.25) is 9.89 Å². The molecule has 0 radical (unpaired) electrons. The van der Waals surface area contributed by atoms with E-state index in [1.165, 1.54) is 12.4 Å². The number of hydrogen-bond donors (Lipinski definition) is 3. The molecule has 0 fully saturated rings. The first-order valence-corrected chi connectivity index (χ1v) is 4.83. The van der Waals surface area contributed by atoms with Gasteiger partial charge in [-0.1, -0.05) is 6.07 Å². The Balaban J connectivity index is 2.22. The first-order chi connectivity index (χ1) is 7.68. The summed E-state index contributed by atoms with van der Waals surface area (Å²) in [6.07, 6.45) is 3.01. The Morgan fingerprint density at radius 2 is 2.31 bits per heavy atom. The third-order valence-electron chi connectivity index (χ3n) is 2.38. The lowest BCUT2D eigenvalue weighted by molar-refractivity contribution is 0.102. The van der Waals surface area contributed by atoms with Gasteiger partial charge in [0.15, 0.2) is 0 Å². The van der Waals surface area contributed by atoms with E-state index in [4.69, 9.17) is 5.73 Å². The highest BCUT2D eigenvalue weighted by molar-refractivity contribution is 6.04. The van der Waals surface area contributed by atoms with Crippen LogP contribution in [0, 0.1) is 6.92 Å². The van der Waals surface area contributed by atoms with Gasteiger partial charge in [-0.15, -0.1) is 0 Å². The van der Waals surface area contributed by atoms with Crippen LogP contribution >= 0.6 is 0 Å². The molecule has 5 nitrogen and oxygen atoms in total. The number of nitrogens with two attached hydrogens (primary N) is 1. The van der Waals surface area contributed by atoms with Gasteiger partial charge in [-0.25, -0.2) is 0 Å². The average molecular weight is 216 g/mol. The SMILES string of the molecule is Cc1c(N)cccc1NC(=O)c1cn[nH]c1. The Bertz CT molecular complexity index is 505. The van der Waals surface area contributed by atoms with Crippen molar-refractivity contribution in [2.24, 2.45) is 0 Å². The van der Waals surface area contributed by atoms with Crippen molar-refractivity contribution in [3.05, 3.63) is 41.7 Å². The Labute approximate surface area is 92.7 Å². The first-order valence-electron chi connectivity index (χ1n) is 4.83. The van der Waals surface area contributed by atoms with Gasteiger partial charge in [0.2, 0.25) is 0 Å². The molecule has 1 aromatic carbocycles. The van der Waals surface area contributed by atoms with Crippen molar-refractivity contribution < 1.29 is 4.79 Å². The van der Waals surface area contributed by atoms with E-state index in [0.717, 1.165) is 5.56 Å². The molecule has 0 spiro atoms. The lowest BCUT2D eigenvalue weighted by atomic mass is 10.1. The molecule has 0 aliphatic rings. The van der Waals surface area contributed by atoms with E-state index in [1.54, 1.807) is 12.1 Å². The number of nitrogens with zero attached hydrogens (tertiary/aromatic N) is 1. The third kappa shape index (κ3) is 1.88. The quantitative estimate of drug-likeness (QED) is 0.666. The van der Waals surface area contributed by atoms with Crippen molar-refractivity contribution in [3.63, 3.8) is 0 Å². The average Bonchev–Trinajstić information content (AvgIpc) is 2.78. The zero-order chi connectivity index (χ0) is 11.5. The van der Waals surface area contributed by atoms with Crippen molar-refractivity contribution in [1.82, 2.24) is 10.2 Å². The molecule has 0 aliphatic heterocycles. The minimum Gasteiger partial charge on any atom is -0.398 e. The maximum absolute atomic E-state index is 11.7. The molecule has 1 amide bonds. The van der Waals surface area contributed by atoms with Gasteiger partial charge in [0.05, 0.1) is 11.8 Å². The smallest absolute Gasteiger partial charge is 0.258 e. The number of nitrogens with one attached hydrogen (secondary N) is 2. The highest BCUT2D eigenvalue weighted by atomic mass is 16.1. The molecule has 0 saturated carbocycles. The summed E-state index contributed by atoms with van der Waals surface area (Å²) in [4.78, 5) is 11.7. The van der Waals surface area contributed by atoms with Crippen molar-refractivity contribution in [1.29, 1.82) is 0 Å². The minimum atomic E-state index is -0.206. The fourth-order valence-corrected chi connectivity index (χ4v) is 1.36. The van der Waals surface area contributed by atoms with Gasteiger partial charge >= 0.3 is 0 Å². The van der Waals surface area contributed by atoms with E-state index in [2.05, 4.69) is 15.5 Å². The second kappa shape index (κ2) is 4.06. The molecule has 2 rings (SSSR count). The summed E-state index contributed by atoms with van der Waals surface area (Å²) in [5, 5.41) is 9.08. The summed E-state index contributed by atoms with van der Waals surface area (Å²) in [5.41, 5.74) is 8.47. The van der Waals surface area contributed by atoms with Crippen LogP contribution in [-0.2, 0) is 0 Å². The molecule has 0 unspecified atom stereocenters. The molecule has 1 heterocycles. The van der Waals surface area contributed by atoms with E-state index < -0.39 is 0 Å². The number of rotatable bonds is 2. The van der Waals surface area contributed by atoms with Crippen LogP contribution in [0.5, 0.6) is 0 Å². The lowest BCUT2D eigenvalue weighted by Crippen LogP contribution is -2.12. The Morgan fingerprint density at radius 1 is 1.50 bits per heavy atom. The fraction of sp³-hybridized carbons (Fsp3) is 0.0909. The number of carbonyl (C=O) groups is 1. The predicted octanol–water partition coefficient (Wildman–Crippen LogP) is 1.55. The first kappa shape index (κ1) is 10.2. The number of carbonyl (C=O) groups excluding carboxylic acids is 1. The van der Waals surface area contributed by atoms with E-state index in [1.807, 2.05) is 13.0 Å². The Morgan fingerprint density at radius 3 is 3.00 bits per heavy atom. The summed E-state index contributed by atoms with van der Waals surface area (Å²) in [5.74, 6) is -0.206. The summed E-state index contributed by atoms with van der Waals surface area (Å²) in [6.45, 7) is 1.86. The number of anilines is 2. The second-order valence-corrected chi connectivity index (χ2v) is 3.46. The van der Waals surface area contributed by atoms with Crippen molar-refractivity contribution in [2.75, 3.05) is 11.1 Å². The Hall–Kier alpha value is -2.30. The van der Waals surface area contributed by atoms with Gasteiger partial charge < -0.3 is 11.1 Å². The normalized spacial score (nSPS) is 10.1. The zero-order valence-electron chi connectivity index (χ0n) is 8.82. The summed E-state index contributed by atoms with van der Waals surface area (Å²) >= 11 is 0. The molecule has 4 N–H and O–H groups in total. The third-order valence-corrected chi connectivity index (χ3v) is 2.38. The number of aromatic nitrogens is 2. The van der Waals surface area contributed by atoms with Gasteiger partial charge in [-0.05, 0) is 24.6 Å². The number of hydrogen-bond acceptors (Lipinski definition) is 3. The number of benzene rings is 1. The van der Waals surface area contributed by atoms with Crippen LogP contribution in [0.15, 0.2) is 30.6 Å². The van der Waals surface area contributed by atoms with Crippen molar-refractivity contribution in [3.8, 4) is 0 Å². The molecule has 0 bridgehead atoms. The monoisotopic (exact) mass is 216 g/mol. The summed E-state index contributed by atoms with van der Waals surface area (Å²) in [6, 6.07) is 5.40. The van der Waals surface area contributed by atoms with Crippen LogP contribution in [0.2, 0.25) is 0 Å². The van der Waals surface area contributed by atoms with Crippen LogP contribution in [0.4, 0.5) is 11.4 Å². The van der Waals surface area contributed by atoms with Crippen LogP contribution in [0.3, 0.4) is 0 Å². The molecule has 0 saturated heterocycles. The minimum absolute atomic E-state index is 0.206. The molecule has 0 atom stereocenters. The van der Waals surface area contributed by atoms with Crippen molar-refractivity contribution in [2.45, 2.75) is 6.92 Å². The van der Waals surface area contributed by atoms with Crippen LogP contribution in [0.25, 0.3) is 0 Å². The molecular formula is C11H12N4O. The summed E-state index contributed by atoms with van der Waals surface area (Å²) in [7, 11) is 0. The van der Waals surface area contributed by atoms with E-state index in [9.17, 15) is 4.79 Å². The standard InChI is InChI=1S/C11H12N4O/c1-7-9(12)3-2-4-10(7)15-11(16)8-5-13-14-6-8/h2-6H,12H2,1H3,(H,13,14)(H,15,16). The van der Waals surface area contributed by atoms with Crippen LogP contribution in [0.1, 0.15) is 15.9 Å². The lowest BCUT2D eigenvalue weighted by Gasteiger charge is -2.08. The van der Waals surface area contributed by atoms with E-state index >= 15 is 0 Å². The Kier molecular flexibility index (Phi) is 2.59. The molecule has 82 valence electrons.